The Labute approximate surface area is 161 Å². The van der Waals surface area contributed by atoms with Gasteiger partial charge in [-0.15, -0.1) is 24.0 Å². The van der Waals surface area contributed by atoms with Crippen LogP contribution in [0.4, 0.5) is 0 Å². The van der Waals surface area contributed by atoms with Gasteiger partial charge in [-0.3, -0.25) is 4.99 Å². The lowest BCUT2D eigenvalue weighted by molar-refractivity contribution is 0.0131. The first-order chi connectivity index (χ1) is 11.2. The maximum absolute atomic E-state index is 6.01. The van der Waals surface area contributed by atoms with Gasteiger partial charge in [0, 0.05) is 38.9 Å². The average molecular weight is 448 g/mol. The summed E-state index contributed by atoms with van der Waals surface area (Å²) in [6.45, 7) is 7.57. The second-order valence-electron chi connectivity index (χ2n) is 6.67. The van der Waals surface area contributed by atoms with Crippen LogP contribution in [-0.4, -0.2) is 48.9 Å². The van der Waals surface area contributed by atoms with Crippen LogP contribution in [-0.2, 0) is 11.3 Å². The molecule has 2 heterocycles. The number of aromatic nitrogens is 1. The summed E-state index contributed by atoms with van der Waals surface area (Å²) in [6.07, 6.45) is 5.30. The maximum atomic E-state index is 6.01. The summed E-state index contributed by atoms with van der Waals surface area (Å²) in [5.41, 5.74) is 2.06. The molecular weight excluding hydrogens is 419 g/mol. The molecule has 3 rings (SSSR count). The topological polar surface area (TPSA) is 62.9 Å². The number of halogens is 1. The Morgan fingerprint density at radius 1 is 1.29 bits per heavy atom. The summed E-state index contributed by atoms with van der Waals surface area (Å²) >= 11 is 0. The predicted octanol–water partition coefficient (Wildman–Crippen LogP) is 2.88. The van der Waals surface area contributed by atoms with Gasteiger partial charge in [0.1, 0.15) is 5.76 Å². The minimum absolute atomic E-state index is 0. The van der Waals surface area contributed by atoms with Gasteiger partial charge < -0.3 is 19.5 Å². The van der Waals surface area contributed by atoms with Gasteiger partial charge in [-0.2, -0.15) is 0 Å². The summed E-state index contributed by atoms with van der Waals surface area (Å²) in [4.78, 5) is 6.73. The molecule has 1 saturated heterocycles. The Kier molecular flexibility index (Phi) is 7.34. The molecule has 2 fully saturated rings. The predicted molar refractivity (Wildman–Crippen MR) is 105 cm³/mol. The molecule has 6 nitrogen and oxygen atoms in total. The number of guanidine groups is 1. The third-order valence-corrected chi connectivity index (χ3v) is 4.82. The second-order valence-corrected chi connectivity index (χ2v) is 6.67. The number of hydrogen-bond donors (Lipinski definition) is 1. The Balaban J connectivity index is 0.00000208. The number of nitrogens with zero attached hydrogens (tertiary/aromatic N) is 3. The third-order valence-electron chi connectivity index (χ3n) is 4.82. The van der Waals surface area contributed by atoms with E-state index in [4.69, 9.17) is 9.26 Å². The van der Waals surface area contributed by atoms with Crippen molar-refractivity contribution >= 4 is 29.9 Å². The standard InChI is InChI=1S/C17H28N4O2.HI/c1-12-16(13(2)23-20-12)10-19-17(18-3)21-8-6-15(7-9-21)22-11-14-4-5-14;/h14-15H,4-11H2,1-3H3,(H,18,19);1H. The van der Waals surface area contributed by atoms with Crippen LogP contribution in [0.2, 0.25) is 0 Å². The van der Waals surface area contributed by atoms with Gasteiger partial charge in [0.2, 0.25) is 0 Å². The maximum Gasteiger partial charge on any atom is 0.193 e. The number of aryl methyl sites for hydroxylation is 2. The van der Waals surface area contributed by atoms with Gasteiger partial charge in [-0.05, 0) is 45.4 Å². The summed E-state index contributed by atoms with van der Waals surface area (Å²) in [5, 5.41) is 7.43. The lowest BCUT2D eigenvalue weighted by atomic mass is 10.1. The highest BCUT2D eigenvalue weighted by atomic mass is 127. The van der Waals surface area contributed by atoms with E-state index in [1.54, 1.807) is 0 Å². The Morgan fingerprint density at radius 3 is 2.54 bits per heavy atom. The summed E-state index contributed by atoms with van der Waals surface area (Å²) < 4.78 is 11.2. The van der Waals surface area contributed by atoms with Gasteiger partial charge in [0.05, 0.1) is 11.8 Å². The number of aliphatic imine (C=N–C) groups is 1. The minimum atomic E-state index is 0. The zero-order valence-electron chi connectivity index (χ0n) is 14.9. The van der Waals surface area contributed by atoms with Crippen molar-refractivity contribution in [3.8, 4) is 0 Å². The largest absolute Gasteiger partial charge is 0.378 e. The molecule has 1 N–H and O–H groups in total. The summed E-state index contributed by atoms with van der Waals surface area (Å²) in [7, 11) is 1.84. The monoisotopic (exact) mass is 448 g/mol. The van der Waals surface area contributed by atoms with Gasteiger partial charge in [-0.25, -0.2) is 0 Å². The quantitative estimate of drug-likeness (QED) is 0.427. The molecule has 0 atom stereocenters. The van der Waals surface area contributed by atoms with Crippen molar-refractivity contribution in [1.29, 1.82) is 0 Å². The van der Waals surface area contributed by atoms with Crippen molar-refractivity contribution in [3.05, 3.63) is 17.0 Å². The van der Waals surface area contributed by atoms with Crippen LogP contribution in [0.5, 0.6) is 0 Å². The van der Waals surface area contributed by atoms with E-state index in [1.807, 2.05) is 20.9 Å². The highest BCUT2D eigenvalue weighted by Gasteiger charge is 2.26. The molecule has 1 aliphatic heterocycles. The van der Waals surface area contributed by atoms with Gasteiger partial charge in [0.25, 0.3) is 0 Å². The average Bonchev–Trinajstić information content (AvgIpc) is 3.34. The van der Waals surface area contributed by atoms with E-state index in [1.165, 1.54) is 12.8 Å². The molecule has 2 aliphatic rings. The fourth-order valence-corrected chi connectivity index (χ4v) is 3.04. The van der Waals surface area contributed by atoms with Crippen LogP contribution in [0.15, 0.2) is 9.52 Å². The molecule has 0 amide bonds. The fraction of sp³-hybridized carbons (Fsp3) is 0.765. The number of ether oxygens (including phenoxy) is 1. The van der Waals surface area contributed by atoms with E-state index in [0.717, 1.165) is 61.4 Å². The molecule has 0 radical (unpaired) electrons. The highest BCUT2D eigenvalue weighted by Crippen LogP contribution is 2.30. The molecule has 1 aromatic rings. The molecular formula is C17H29IN4O2. The molecule has 1 aliphatic carbocycles. The summed E-state index contributed by atoms with van der Waals surface area (Å²) in [5.74, 6) is 2.67. The van der Waals surface area contributed by atoms with E-state index in [0.29, 0.717) is 12.6 Å². The fourth-order valence-electron chi connectivity index (χ4n) is 3.04. The van der Waals surface area contributed by atoms with Crippen LogP contribution < -0.4 is 5.32 Å². The van der Waals surface area contributed by atoms with Crippen molar-refractivity contribution in [2.75, 3.05) is 26.7 Å². The Bertz CT molecular complexity index is 529. The van der Waals surface area contributed by atoms with Crippen molar-refractivity contribution < 1.29 is 9.26 Å². The number of nitrogens with one attached hydrogen (secondary N) is 1. The summed E-state index contributed by atoms with van der Waals surface area (Å²) in [6, 6.07) is 0. The normalized spacial score (nSPS) is 19.3. The zero-order chi connectivity index (χ0) is 16.2. The molecule has 0 aromatic carbocycles. The lowest BCUT2D eigenvalue weighted by Crippen LogP contribution is -2.46. The van der Waals surface area contributed by atoms with Crippen molar-refractivity contribution in [1.82, 2.24) is 15.4 Å². The number of piperidine rings is 1. The third kappa shape index (κ3) is 5.08. The van der Waals surface area contributed by atoms with Crippen LogP contribution in [0.25, 0.3) is 0 Å². The molecule has 24 heavy (non-hydrogen) atoms. The van der Waals surface area contributed by atoms with Crippen molar-refractivity contribution in [2.24, 2.45) is 10.9 Å². The molecule has 7 heteroatoms. The van der Waals surface area contributed by atoms with E-state index < -0.39 is 0 Å². The number of likely N-dealkylation sites (tertiary alicyclic amines) is 1. The Morgan fingerprint density at radius 2 is 2.00 bits per heavy atom. The van der Waals surface area contributed by atoms with E-state index >= 15 is 0 Å². The number of hydrogen-bond acceptors (Lipinski definition) is 4. The number of rotatable bonds is 5. The second kappa shape index (κ2) is 9.03. The van der Waals surface area contributed by atoms with Gasteiger partial charge in [0.15, 0.2) is 5.96 Å². The smallest absolute Gasteiger partial charge is 0.193 e. The van der Waals surface area contributed by atoms with Crippen LogP contribution >= 0.6 is 24.0 Å². The molecule has 0 bridgehead atoms. The lowest BCUT2D eigenvalue weighted by Gasteiger charge is -2.34. The Hall–Kier alpha value is -0.830. The first kappa shape index (κ1) is 19.5. The first-order valence-electron chi connectivity index (χ1n) is 8.66. The van der Waals surface area contributed by atoms with Crippen molar-refractivity contribution in [2.45, 2.75) is 52.2 Å². The molecule has 1 aromatic heterocycles. The molecule has 136 valence electrons. The van der Waals surface area contributed by atoms with E-state index in [2.05, 4.69) is 20.4 Å². The van der Waals surface area contributed by atoms with Gasteiger partial charge >= 0.3 is 0 Å². The van der Waals surface area contributed by atoms with E-state index in [9.17, 15) is 0 Å². The van der Waals surface area contributed by atoms with Gasteiger partial charge in [-0.1, -0.05) is 5.16 Å². The van der Waals surface area contributed by atoms with E-state index in [-0.39, 0.29) is 24.0 Å². The SMILES string of the molecule is CN=C(NCc1c(C)noc1C)N1CCC(OCC2CC2)CC1.I. The van der Waals surface area contributed by atoms with Crippen LogP contribution in [0.3, 0.4) is 0 Å². The minimum Gasteiger partial charge on any atom is -0.378 e. The molecule has 0 unspecified atom stereocenters. The molecule has 1 saturated carbocycles. The zero-order valence-corrected chi connectivity index (χ0v) is 17.2. The highest BCUT2D eigenvalue weighted by molar-refractivity contribution is 14.0. The van der Waals surface area contributed by atoms with Crippen molar-refractivity contribution in [3.63, 3.8) is 0 Å². The van der Waals surface area contributed by atoms with Crippen LogP contribution in [0, 0.1) is 19.8 Å². The molecule has 0 spiro atoms. The van der Waals surface area contributed by atoms with Crippen LogP contribution in [0.1, 0.15) is 42.7 Å². The first-order valence-corrected chi connectivity index (χ1v) is 8.66.